The van der Waals surface area contributed by atoms with Crippen LogP contribution in [0.2, 0.25) is 0 Å². The van der Waals surface area contributed by atoms with E-state index >= 15 is 0 Å². The number of allylic oxidation sites excluding steroid dienone is 1. The van der Waals surface area contributed by atoms with Gasteiger partial charge in [-0.25, -0.2) is 13.8 Å². The molecular formula is C31H35F2N5O. The number of carbonyl (C=O) groups excluding carboxylic acids is 1. The van der Waals surface area contributed by atoms with Gasteiger partial charge in [0.05, 0.1) is 24.1 Å². The van der Waals surface area contributed by atoms with E-state index in [-0.39, 0.29) is 31.3 Å². The molecule has 0 spiro atoms. The van der Waals surface area contributed by atoms with Crippen LogP contribution >= 0.6 is 0 Å². The van der Waals surface area contributed by atoms with Crippen molar-refractivity contribution in [2.24, 2.45) is 5.92 Å². The fourth-order valence-corrected chi connectivity index (χ4v) is 5.65. The van der Waals surface area contributed by atoms with E-state index in [1.807, 2.05) is 6.07 Å². The molecule has 1 aliphatic carbocycles. The quantitative estimate of drug-likeness (QED) is 0.374. The summed E-state index contributed by atoms with van der Waals surface area (Å²) in [4.78, 5) is 24.1. The lowest BCUT2D eigenvalue weighted by Gasteiger charge is -2.29. The van der Waals surface area contributed by atoms with E-state index in [1.165, 1.54) is 0 Å². The summed E-state index contributed by atoms with van der Waals surface area (Å²) < 4.78 is 27.3. The van der Waals surface area contributed by atoms with Gasteiger partial charge in [0, 0.05) is 36.5 Å². The predicted molar refractivity (Wildman–Crippen MR) is 153 cm³/mol. The molecule has 2 aromatic heterocycles. The molecule has 0 saturated carbocycles. The number of carbonyl (C=O) groups is 1. The number of rotatable bonds is 5. The number of hydrogen-bond acceptors (Lipinski definition) is 5. The third kappa shape index (κ3) is 5.65. The molecule has 1 aliphatic heterocycles. The average Bonchev–Trinajstić information content (AvgIpc) is 3.29. The van der Waals surface area contributed by atoms with Crippen LogP contribution in [0.4, 0.5) is 26.0 Å². The summed E-state index contributed by atoms with van der Waals surface area (Å²) in [6, 6.07) is 11.6. The minimum Gasteiger partial charge on any atom is -0.397 e. The van der Waals surface area contributed by atoms with Crippen LogP contribution in [0.1, 0.15) is 63.5 Å². The minimum atomic E-state index is -2.70. The molecule has 8 heteroatoms. The first-order valence-corrected chi connectivity index (χ1v) is 13.6. The second-order valence-electron chi connectivity index (χ2n) is 10.8. The maximum atomic E-state index is 13.9. The summed E-state index contributed by atoms with van der Waals surface area (Å²) in [6.07, 6.45) is 7.36. The normalized spacial score (nSPS) is 20.8. The smallest absolute Gasteiger partial charge is 0.266 e. The lowest BCUT2D eigenvalue weighted by molar-refractivity contribution is -0.111. The topological polar surface area (TPSA) is 84.1 Å². The Morgan fingerprint density at radius 3 is 2.62 bits per heavy atom. The van der Waals surface area contributed by atoms with Crippen LogP contribution < -0.4 is 16.0 Å². The Morgan fingerprint density at radius 1 is 1.13 bits per heavy atom. The number of amides is 1. The number of hydrogen-bond donors (Lipinski definition) is 2. The van der Waals surface area contributed by atoms with Gasteiger partial charge >= 0.3 is 0 Å². The van der Waals surface area contributed by atoms with E-state index < -0.39 is 5.92 Å². The van der Waals surface area contributed by atoms with Crippen molar-refractivity contribution in [1.29, 1.82) is 0 Å². The highest BCUT2D eigenvalue weighted by atomic mass is 19.3. The molecule has 2 unspecified atom stereocenters. The second-order valence-corrected chi connectivity index (χ2v) is 10.8. The lowest BCUT2D eigenvalue weighted by atomic mass is 9.76. The Balaban J connectivity index is 1.50. The number of anilines is 3. The van der Waals surface area contributed by atoms with Gasteiger partial charge in [0.25, 0.3) is 11.8 Å². The molecule has 3 heterocycles. The standard InChI is InChI=1S/C31H35F2N5O/c1-4-21-6-5-19(2)20(3)26-9-7-22(23-13-24(34)16-35-15-23)14-27(26)29(21)30(39)37-25-8-10-28(36-17-25)38-12-11-31(32,33)18-38/h7-10,13-17,19-20H,4-6,11-12,18,34H2,1-3H3,(H,37,39). The van der Waals surface area contributed by atoms with Gasteiger partial charge in [-0.05, 0) is 72.1 Å². The van der Waals surface area contributed by atoms with Crippen LogP contribution in [0.15, 0.2) is 60.6 Å². The van der Waals surface area contributed by atoms with Crippen LogP contribution in [0.25, 0.3) is 16.7 Å². The molecule has 2 atom stereocenters. The number of nitrogens with one attached hydrogen (secondary N) is 1. The minimum absolute atomic E-state index is 0.175. The third-order valence-electron chi connectivity index (χ3n) is 8.17. The number of alkyl halides is 2. The fourth-order valence-electron chi connectivity index (χ4n) is 5.65. The number of nitrogens with two attached hydrogens (primary N) is 1. The van der Waals surface area contributed by atoms with Gasteiger partial charge in [0.2, 0.25) is 0 Å². The van der Waals surface area contributed by atoms with Crippen LogP contribution in [-0.4, -0.2) is 34.9 Å². The molecule has 2 aliphatic rings. The molecule has 1 amide bonds. The van der Waals surface area contributed by atoms with Gasteiger partial charge in [-0.2, -0.15) is 0 Å². The van der Waals surface area contributed by atoms with E-state index in [2.05, 4.69) is 54.3 Å². The zero-order valence-corrected chi connectivity index (χ0v) is 22.7. The van der Waals surface area contributed by atoms with Crippen molar-refractivity contribution < 1.29 is 13.6 Å². The van der Waals surface area contributed by atoms with Crippen molar-refractivity contribution >= 4 is 28.7 Å². The zero-order chi connectivity index (χ0) is 27.7. The van der Waals surface area contributed by atoms with Gasteiger partial charge in [-0.1, -0.05) is 38.5 Å². The Kier molecular flexibility index (Phi) is 7.38. The van der Waals surface area contributed by atoms with Crippen molar-refractivity contribution in [2.45, 2.75) is 58.3 Å². The molecule has 1 saturated heterocycles. The summed E-state index contributed by atoms with van der Waals surface area (Å²) in [7, 11) is 0. The molecule has 3 aromatic rings. The molecule has 0 bridgehead atoms. The van der Waals surface area contributed by atoms with Gasteiger partial charge in [-0.3, -0.25) is 9.78 Å². The number of fused-ring (bicyclic) bond motifs is 1. The summed E-state index contributed by atoms with van der Waals surface area (Å²) in [5, 5.41) is 3.04. The van der Waals surface area contributed by atoms with Crippen molar-refractivity contribution in [2.75, 3.05) is 29.0 Å². The number of pyridine rings is 2. The van der Waals surface area contributed by atoms with Gasteiger partial charge in [0.1, 0.15) is 5.82 Å². The molecule has 204 valence electrons. The van der Waals surface area contributed by atoms with Crippen molar-refractivity contribution in [3.63, 3.8) is 0 Å². The Morgan fingerprint density at radius 2 is 1.95 bits per heavy atom. The maximum Gasteiger partial charge on any atom is 0.266 e. The van der Waals surface area contributed by atoms with E-state index in [0.29, 0.717) is 28.7 Å². The van der Waals surface area contributed by atoms with Crippen LogP contribution in [0, 0.1) is 5.92 Å². The highest BCUT2D eigenvalue weighted by Gasteiger charge is 2.38. The summed E-state index contributed by atoms with van der Waals surface area (Å²) >= 11 is 0. The van der Waals surface area contributed by atoms with Gasteiger partial charge in [-0.15, -0.1) is 0 Å². The van der Waals surface area contributed by atoms with Crippen LogP contribution in [0.3, 0.4) is 0 Å². The fraction of sp³-hybridized carbons (Fsp3) is 0.387. The zero-order valence-electron chi connectivity index (χ0n) is 22.7. The number of benzene rings is 1. The number of halogens is 2. The second kappa shape index (κ2) is 10.8. The van der Waals surface area contributed by atoms with E-state index in [9.17, 15) is 13.6 Å². The summed E-state index contributed by atoms with van der Waals surface area (Å²) in [5.41, 5.74) is 12.8. The average molecular weight is 532 g/mol. The van der Waals surface area contributed by atoms with E-state index in [1.54, 1.807) is 35.6 Å². The van der Waals surface area contributed by atoms with Crippen LogP contribution in [0.5, 0.6) is 0 Å². The predicted octanol–water partition coefficient (Wildman–Crippen LogP) is 6.91. The molecule has 0 radical (unpaired) electrons. The highest BCUT2D eigenvalue weighted by Crippen LogP contribution is 2.41. The van der Waals surface area contributed by atoms with Crippen molar-refractivity contribution in [1.82, 2.24) is 9.97 Å². The van der Waals surface area contributed by atoms with Crippen LogP contribution in [-0.2, 0) is 4.79 Å². The van der Waals surface area contributed by atoms with E-state index in [0.717, 1.165) is 47.1 Å². The van der Waals surface area contributed by atoms with E-state index in [4.69, 9.17) is 5.73 Å². The van der Waals surface area contributed by atoms with Gasteiger partial charge in [0.15, 0.2) is 0 Å². The molecular weight excluding hydrogens is 496 g/mol. The first-order valence-electron chi connectivity index (χ1n) is 13.6. The molecule has 39 heavy (non-hydrogen) atoms. The maximum absolute atomic E-state index is 13.9. The lowest BCUT2D eigenvalue weighted by Crippen LogP contribution is -2.25. The highest BCUT2D eigenvalue weighted by molar-refractivity contribution is 6.26. The monoisotopic (exact) mass is 531 g/mol. The largest absolute Gasteiger partial charge is 0.397 e. The first kappa shape index (κ1) is 26.8. The third-order valence-corrected chi connectivity index (χ3v) is 8.17. The number of nitrogens with zero attached hydrogens (tertiary/aromatic N) is 3. The molecule has 6 nitrogen and oxygen atoms in total. The molecule has 1 aromatic carbocycles. The summed E-state index contributed by atoms with van der Waals surface area (Å²) in [5.74, 6) is -1.67. The SMILES string of the molecule is CCC1=C(C(=O)Nc2ccc(N3CCC(F)(F)C3)nc2)c2cc(-c3cncc(N)c3)ccc2C(C)C(C)CC1. The van der Waals surface area contributed by atoms with Gasteiger partial charge < -0.3 is 16.0 Å². The molecule has 5 rings (SSSR count). The molecule has 3 N–H and O–H groups in total. The number of nitrogen functional groups attached to an aromatic ring is 1. The Hall–Kier alpha value is -3.81. The van der Waals surface area contributed by atoms with Crippen molar-refractivity contribution in [3.05, 3.63) is 71.7 Å². The first-order chi connectivity index (χ1) is 18.6. The summed E-state index contributed by atoms with van der Waals surface area (Å²) in [6.45, 7) is 6.51. The molecule has 1 fully saturated rings. The number of aromatic nitrogens is 2. The van der Waals surface area contributed by atoms with Crippen molar-refractivity contribution in [3.8, 4) is 11.1 Å². The Bertz CT molecular complexity index is 1400. The Labute approximate surface area is 228 Å².